The summed E-state index contributed by atoms with van der Waals surface area (Å²) in [7, 11) is 2.12. The normalized spacial score (nSPS) is 26.1. The van der Waals surface area contributed by atoms with Crippen molar-refractivity contribution in [3.63, 3.8) is 0 Å². The summed E-state index contributed by atoms with van der Waals surface area (Å²) in [6.07, 6.45) is 4.60. The molecule has 3 rings (SSSR count). The molecule has 1 atom stereocenters. The van der Waals surface area contributed by atoms with Gasteiger partial charge in [-0.15, -0.1) is 0 Å². The van der Waals surface area contributed by atoms with Crippen LogP contribution in [0.5, 0.6) is 11.5 Å². The minimum Gasteiger partial charge on any atom is -0.454 e. The van der Waals surface area contributed by atoms with Gasteiger partial charge in [0.25, 0.3) is 0 Å². The largest absolute Gasteiger partial charge is 0.454 e. The highest BCUT2D eigenvalue weighted by Crippen LogP contribution is 2.34. The summed E-state index contributed by atoms with van der Waals surface area (Å²) in [6.45, 7) is 3.27. The third kappa shape index (κ3) is 3.33. The van der Waals surface area contributed by atoms with Gasteiger partial charge in [-0.25, -0.2) is 0 Å². The number of hydrogen-bond acceptors (Lipinski definition) is 4. The first-order valence-electron chi connectivity index (χ1n) is 7.91. The van der Waals surface area contributed by atoms with Gasteiger partial charge in [0.05, 0.1) is 6.10 Å². The molecular weight excluding hydrogens is 266 g/mol. The summed E-state index contributed by atoms with van der Waals surface area (Å²) in [5.74, 6) is 2.36. The fraction of sp³-hybridized carbons (Fsp3) is 0.647. The Labute approximate surface area is 126 Å². The lowest BCUT2D eigenvalue weighted by molar-refractivity contribution is 0.0856. The third-order valence-electron chi connectivity index (χ3n) is 4.85. The number of likely N-dealkylation sites (N-methyl/N-ethyl adjacent to an activating group) is 1. The number of aliphatic hydroxyl groups is 1. The molecule has 2 aliphatic rings. The SMILES string of the molecule is CC1CCC(N(C)CC(O)c2ccc3c(c2)OCO3)CC1. The molecule has 1 saturated carbocycles. The summed E-state index contributed by atoms with van der Waals surface area (Å²) in [6, 6.07) is 6.30. The fourth-order valence-corrected chi connectivity index (χ4v) is 3.33. The van der Waals surface area contributed by atoms with E-state index in [1.165, 1.54) is 25.7 Å². The van der Waals surface area contributed by atoms with E-state index in [4.69, 9.17) is 9.47 Å². The highest BCUT2D eigenvalue weighted by Gasteiger charge is 2.24. The number of hydrogen-bond donors (Lipinski definition) is 1. The van der Waals surface area contributed by atoms with Crippen LogP contribution in [0.25, 0.3) is 0 Å². The second-order valence-electron chi connectivity index (χ2n) is 6.48. The maximum atomic E-state index is 10.5. The zero-order valence-corrected chi connectivity index (χ0v) is 12.9. The second kappa shape index (κ2) is 6.24. The molecule has 116 valence electrons. The minimum atomic E-state index is -0.483. The summed E-state index contributed by atoms with van der Waals surface area (Å²) < 4.78 is 10.7. The van der Waals surface area contributed by atoms with Gasteiger partial charge in [-0.2, -0.15) is 0 Å². The molecule has 1 aliphatic carbocycles. The third-order valence-corrected chi connectivity index (χ3v) is 4.85. The molecule has 1 unspecified atom stereocenters. The van der Waals surface area contributed by atoms with Crippen LogP contribution in [0.4, 0.5) is 0 Å². The fourth-order valence-electron chi connectivity index (χ4n) is 3.33. The van der Waals surface area contributed by atoms with Crippen LogP contribution in [0.1, 0.15) is 44.3 Å². The number of ether oxygens (including phenoxy) is 2. The first-order chi connectivity index (χ1) is 10.1. The van der Waals surface area contributed by atoms with E-state index in [2.05, 4.69) is 18.9 Å². The van der Waals surface area contributed by atoms with Gasteiger partial charge in [0, 0.05) is 12.6 Å². The summed E-state index contributed by atoms with van der Waals surface area (Å²) in [5, 5.41) is 10.5. The minimum absolute atomic E-state index is 0.273. The van der Waals surface area contributed by atoms with Crippen LogP contribution in [0, 0.1) is 5.92 Å². The molecule has 0 spiro atoms. The van der Waals surface area contributed by atoms with Crippen molar-refractivity contribution in [2.24, 2.45) is 5.92 Å². The average molecular weight is 291 g/mol. The summed E-state index contributed by atoms with van der Waals surface area (Å²) in [5.41, 5.74) is 0.898. The molecular formula is C17H25NO3. The first-order valence-corrected chi connectivity index (χ1v) is 7.91. The van der Waals surface area contributed by atoms with Crippen LogP contribution in [0.2, 0.25) is 0 Å². The Hall–Kier alpha value is -1.26. The Morgan fingerprint density at radius 3 is 2.67 bits per heavy atom. The van der Waals surface area contributed by atoms with Crippen molar-refractivity contribution in [3.8, 4) is 11.5 Å². The van der Waals surface area contributed by atoms with Gasteiger partial charge in [0.2, 0.25) is 6.79 Å². The van der Waals surface area contributed by atoms with Gasteiger partial charge < -0.3 is 19.5 Å². The zero-order chi connectivity index (χ0) is 14.8. The van der Waals surface area contributed by atoms with E-state index in [9.17, 15) is 5.11 Å². The van der Waals surface area contributed by atoms with Crippen molar-refractivity contribution in [1.82, 2.24) is 4.90 Å². The van der Waals surface area contributed by atoms with Gasteiger partial charge in [0.15, 0.2) is 11.5 Å². The standard InChI is InChI=1S/C17H25NO3/c1-12-3-6-14(7-4-12)18(2)10-15(19)13-5-8-16-17(9-13)21-11-20-16/h5,8-9,12,14-15,19H,3-4,6-7,10-11H2,1-2H3. The van der Waals surface area contributed by atoms with Crippen molar-refractivity contribution >= 4 is 0 Å². The Kier molecular flexibility index (Phi) is 4.36. The molecule has 1 N–H and O–H groups in total. The molecule has 0 amide bonds. The lowest BCUT2D eigenvalue weighted by Crippen LogP contribution is -2.37. The Morgan fingerprint density at radius 2 is 1.90 bits per heavy atom. The maximum absolute atomic E-state index is 10.5. The van der Waals surface area contributed by atoms with Gasteiger partial charge in [-0.05, 0) is 56.3 Å². The van der Waals surface area contributed by atoms with Crippen LogP contribution in [-0.2, 0) is 0 Å². The molecule has 1 aliphatic heterocycles. The van der Waals surface area contributed by atoms with Crippen LogP contribution < -0.4 is 9.47 Å². The predicted molar refractivity (Wildman–Crippen MR) is 81.6 cm³/mol. The molecule has 4 nitrogen and oxygen atoms in total. The second-order valence-corrected chi connectivity index (χ2v) is 6.48. The predicted octanol–water partition coefficient (Wildman–Crippen LogP) is 2.96. The molecule has 4 heteroatoms. The highest BCUT2D eigenvalue weighted by molar-refractivity contribution is 5.45. The maximum Gasteiger partial charge on any atom is 0.231 e. The quantitative estimate of drug-likeness (QED) is 0.926. The van der Waals surface area contributed by atoms with Gasteiger partial charge in [-0.3, -0.25) is 0 Å². The van der Waals surface area contributed by atoms with E-state index in [1.807, 2.05) is 18.2 Å². The van der Waals surface area contributed by atoms with Crippen LogP contribution in [0.3, 0.4) is 0 Å². The lowest BCUT2D eigenvalue weighted by Gasteiger charge is -2.34. The van der Waals surface area contributed by atoms with E-state index in [0.717, 1.165) is 23.0 Å². The van der Waals surface area contributed by atoms with Crippen LogP contribution in [0.15, 0.2) is 18.2 Å². The molecule has 21 heavy (non-hydrogen) atoms. The molecule has 0 bridgehead atoms. The molecule has 0 saturated heterocycles. The van der Waals surface area contributed by atoms with Crippen molar-refractivity contribution in [3.05, 3.63) is 23.8 Å². The van der Waals surface area contributed by atoms with E-state index in [1.54, 1.807) is 0 Å². The van der Waals surface area contributed by atoms with E-state index < -0.39 is 6.10 Å². The lowest BCUT2D eigenvalue weighted by atomic mass is 9.86. The van der Waals surface area contributed by atoms with E-state index >= 15 is 0 Å². The zero-order valence-electron chi connectivity index (χ0n) is 12.9. The number of aliphatic hydroxyl groups excluding tert-OH is 1. The number of fused-ring (bicyclic) bond motifs is 1. The Balaban J connectivity index is 1.59. The number of nitrogens with zero attached hydrogens (tertiary/aromatic N) is 1. The van der Waals surface area contributed by atoms with E-state index in [0.29, 0.717) is 12.6 Å². The monoisotopic (exact) mass is 291 g/mol. The average Bonchev–Trinajstić information content (AvgIpc) is 2.95. The number of benzene rings is 1. The van der Waals surface area contributed by atoms with Crippen LogP contribution in [-0.4, -0.2) is 36.4 Å². The highest BCUT2D eigenvalue weighted by atomic mass is 16.7. The van der Waals surface area contributed by atoms with E-state index in [-0.39, 0.29) is 6.79 Å². The number of rotatable bonds is 4. The molecule has 1 fully saturated rings. The van der Waals surface area contributed by atoms with Gasteiger partial charge >= 0.3 is 0 Å². The van der Waals surface area contributed by atoms with Gasteiger partial charge in [0.1, 0.15) is 0 Å². The topological polar surface area (TPSA) is 41.9 Å². The van der Waals surface area contributed by atoms with Crippen LogP contribution >= 0.6 is 0 Å². The summed E-state index contributed by atoms with van der Waals surface area (Å²) in [4.78, 5) is 2.31. The smallest absolute Gasteiger partial charge is 0.231 e. The molecule has 1 aromatic rings. The molecule has 0 radical (unpaired) electrons. The van der Waals surface area contributed by atoms with Gasteiger partial charge in [-0.1, -0.05) is 13.0 Å². The molecule has 1 heterocycles. The first kappa shape index (κ1) is 14.7. The van der Waals surface area contributed by atoms with Crippen molar-refractivity contribution < 1.29 is 14.6 Å². The Morgan fingerprint density at radius 1 is 1.19 bits per heavy atom. The molecule has 0 aromatic heterocycles. The molecule has 1 aromatic carbocycles. The van der Waals surface area contributed by atoms with Crippen molar-refractivity contribution in [2.75, 3.05) is 20.4 Å². The van der Waals surface area contributed by atoms with Crippen molar-refractivity contribution in [1.29, 1.82) is 0 Å². The van der Waals surface area contributed by atoms with Crippen molar-refractivity contribution in [2.45, 2.75) is 44.8 Å². The summed E-state index contributed by atoms with van der Waals surface area (Å²) >= 11 is 0. The Bertz CT molecular complexity index is 483.